The molecule has 1 aromatic carbocycles. The van der Waals surface area contributed by atoms with Gasteiger partial charge in [-0.3, -0.25) is 4.79 Å². The Labute approximate surface area is 106 Å². The van der Waals surface area contributed by atoms with Crippen molar-refractivity contribution in [1.82, 2.24) is 4.90 Å². The van der Waals surface area contributed by atoms with E-state index in [0.29, 0.717) is 11.3 Å². The third-order valence-corrected chi connectivity index (χ3v) is 2.18. The molecule has 1 amide bonds. The number of anilines is 1. The molecule has 0 spiro atoms. The molecule has 5 heteroatoms. The Bertz CT molecular complexity index is 545. The minimum absolute atomic E-state index is 0.0536. The fourth-order valence-corrected chi connectivity index (χ4v) is 1.28. The standard InChI is InChI=1S/C13H12N4O/c1-17(2)13(18)11-5-3-4-6-12(11)16-9-10(7-14)8-15/h3-6,9,16H,1-2H3. The van der Waals surface area contributed by atoms with Gasteiger partial charge in [-0.2, -0.15) is 10.5 Å². The van der Waals surface area contributed by atoms with Crippen LogP contribution in [0.1, 0.15) is 10.4 Å². The van der Waals surface area contributed by atoms with Crippen molar-refractivity contribution in [3.8, 4) is 12.1 Å². The Hall–Kier alpha value is -2.79. The molecule has 0 atom stereocenters. The molecule has 0 fully saturated rings. The van der Waals surface area contributed by atoms with Crippen molar-refractivity contribution in [2.75, 3.05) is 19.4 Å². The van der Waals surface area contributed by atoms with Gasteiger partial charge in [-0.05, 0) is 12.1 Å². The summed E-state index contributed by atoms with van der Waals surface area (Å²) < 4.78 is 0. The van der Waals surface area contributed by atoms with E-state index in [1.807, 2.05) is 0 Å². The van der Waals surface area contributed by atoms with Crippen molar-refractivity contribution in [3.63, 3.8) is 0 Å². The fraction of sp³-hybridized carbons (Fsp3) is 0.154. The van der Waals surface area contributed by atoms with Gasteiger partial charge in [0.2, 0.25) is 0 Å². The molecule has 1 N–H and O–H groups in total. The molecule has 1 rings (SSSR count). The van der Waals surface area contributed by atoms with Crippen molar-refractivity contribution >= 4 is 11.6 Å². The monoisotopic (exact) mass is 240 g/mol. The summed E-state index contributed by atoms with van der Waals surface area (Å²) in [5.74, 6) is -0.151. The number of hydrogen-bond donors (Lipinski definition) is 1. The van der Waals surface area contributed by atoms with Gasteiger partial charge >= 0.3 is 0 Å². The quantitative estimate of drug-likeness (QED) is 0.816. The second-order valence-corrected chi connectivity index (χ2v) is 3.67. The third kappa shape index (κ3) is 3.10. The highest BCUT2D eigenvalue weighted by Crippen LogP contribution is 2.16. The lowest BCUT2D eigenvalue weighted by atomic mass is 10.1. The van der Waals surface area contributed by atoms with Gasteiger partial charge in [0.1, 0.15) is 17.7 Å². The van der Waals surface area contributed by atoms with Crippen LogP contribution in [0.15, 0.2) is 36.0 Å². The lowest BCUT2D eigenvalue weighted by Crippen LogP contribution is -2.22. The molecule has 18 heavy (non-hydrogen) atoms. The van der Waals surface area contributed by atoms with Crippen LogP contribution in [0, 0.1) is 22.7 Å². The molecule has 90 valence electrons. The van der Waals surface area contributed by atoms with Gasteiger partial charge in [0, 0.05) is 20.3 Å². The smallest absolute Gasteiger partial charge is 0.255 e. The molecule has 5 nitrogen and oxygen atoms in total. The summed E-state index contributed by atoms with van der Waals surface area (Å²) >= 11 is 0. The maximum absolute atomic E-state index is 11.9. The van der Waals surface area contributed by atoms with Crippen LogP contribution in [0.3, 0.4) is 0 Å². The first-order valence-electron chi connectivity index (χ1n) is 5.17. The third-order valence-electron chi connectivity index (χ3n) is 2.18. The van der Waals surface area contributed by atoms with Crippen LogP contribution in [-0.2, 0) is 0 Å². The number of benzene rings is 1. The van der Waals surface area contributed by atoms with E-state index >= 15 is 0 Å². The molecule has 0 radical (unpaired) electrons. The second-order valence-electron chi connectivity index (χ2n) is 3.67. The van der Waals surface area contributed by atoms with Crippen molar-refractivity contribution in [1.29, 1.82) is 10.5 Å². The van der Waals surface area contributed by atoms with E-state index in [1.54, 1.807) is 50.5 Å². The maximum Gasteiger partial charge on any atom is 0.255 e. The summed E-state index contributed by atoms with van der Waals surface area (Å²) in [4.78, 5) is 13.3. The first-order chi connectivity index (χ1) is 8.60. The summed E-state index contributed by atoms with van der Waals surface area (Å²) in [6.07, 6.45) is 1.28. The van der Waals surface area contributed by atoms with E-state index in [4.69, 9.17) is 10.5 Å². The van der Waals surface area contributed by atoms with Crippen molar-refractivity contribution in [2.45, 2.75) is 0 Å². The Morgan fingerprint density at radius 2 is 1.89 bits per heavy atom. The molecule has 0 aliphatic heterocycles. The SMILES string of the molecule is CN(C)C(=O)c1ccccc1NC=C(C#N)C#N. The predicted molar refractivity (Wildman–Crippen MR) is 67.4 cm³/mol. The number of nitriles is 2. The molecular formula is C13H12N4O. The molecular weight excluding hydrogens is 228 g/mol. The number of carbonyl (C=O) groups is 1. The van der Waals surface area contributed by atoms with E-state index in [2.05, 4.69) is 5.32 Å². The average molecular weight is 240 g/mol. The number of nitrogens with zero attached hydrogens (tertiary/aromatic N) is 3. The van der Waals surface area contributed by atoms with Gasteiger partial charge < -0.3 is 10.2 Å². The molecule has 0 unspecified atom stereocenters. The largest absolute Gasteiger partial charge is 0.359 e. The van der Waals surface area contributed by atoms with Gasteiger partial charge in [0.25, 0.3) is 5.91 Å². The molecule has 0 saturated heterocycles. The lowest BCUT2D eigenvalue weighted by Gasteiger charge is -2.13. The number of carbonyl (C=O) groups excluding carboxylic acids is 1. The fourth-order valence-electron chi connectivity index (χ4n) is 1.28. The van der Waals surface area contributed by atoms with Gasteiger partial charge in [-0.15, -0.1) is 0 Å². The summed E-state index contributed by atoms with van der Waals surface area (Å²) in [7, 11) is 3.32. The zero-order chi connectivity index (χ0) is 13.5. The highest BCUT2D eigenvalue weighted by molar-refractivity contribution is 5.99. The average Bonchev–Trinajstić information content (AvgIpc) is 2.39. The Morgan fingerprint density at radius 1 is 1.28 bits per heavy atom. The van der Waals surface area contributed by atoms with E-state index in [0.717, 1.165) is 0 Å². The Balaban J connectivity index is 3.05. The Morgan fingerprint density at radius 3 is 2.44 bits per heavy atom. The zero-order valence-corrected chi connectivity index (χ0v) is 10.1. The van der Waals surface area contributed by atoms with E-state index in [9.17, 15) is 4.79 Å². The predicted octanol–water partition coefficient (Wildman–Crippen LogP) is 1.73. The minimum Gasteiger partial charge on any atom is -0.359 e. The molecule has 0 aromatic heterocycles. The van der Waals surface area contributed by atoms with Gasteiger partial charge in [0.05, 0.1) is 11.3 Å². The number of amides is 1. The topological polar surface area (TPSA) is 79.9 Å². The van der Waals surface area contributed by atoms with Crippen molar-refractivity contribution < 1.29 is 4.79 Å². The molecule has 0 bridgehead atoms. The number of para-hydroxylation sites is 1. The minimum atomic E-state index is -0.151. The molecule has 0 aliphatic carbocycles. The lowest BCUT2D eigenvalue weighted by molar-refractivity contribution is 0.0828. The van der Waals surface area contributed by atoms with Crippen molar-refractivity contribution in [3.05, 3.63) is 41.6 Å². The van der Waals surface area contributed by atoms with Crippen LogP contribution in [0.2, 0.25) is 0 Å². The van der Waals surface area contributed by atoms with Crippen LogP contribution in [-0.4, -0.2) is 24.9 Å². The van der Waals surface area contributed by atoms with Gasteiger partial charge in [-0.1, -0.05) is 12.1 Å². The number of rotatable bonds is 3. The van der Waals surface area contributed by atoms with Crippen molar-refractivity contribution in [2.24, 2.45) is 0 Å². The number of hydrogen-bond acceptors (Lipinski definition) is 4. The summed E-state index contributed by atoms with van der Waals surface area (Å²) in [6, 6.07) is 10.4. The van der Waals surface area contributed by atoms with Gasteiger partial charge in [0.15, 0.2) is 0 Å². The summed E-state index contributed by atoms with van der Waals surface area (Å²) in [6.45, 7) is 0. The molecule has 0 aliphatic rings. The Kier molecular flexibility index (Phi) is 4.48. The van der Waals surface area contributed by atoms with Crippen LogP contribution < -0.4 is 5.32 Å². The van der Waals surface area contributed by atoms with Crippen LogP contribution in [0.5, 0.6) is 0 Å². The normalized spacial score (nSPS) is 8.67. The van der Waals surface area contributed by atoms with E-state index in [1.165, 1.54) is 11.1 Å². The number of nitrogens with one attached hydrogen (secondary N) is 1. The highest BCUT2D eigenvalue weighted by Gasteiger charge is 2.11. The zero-order valence-electron chi connectivity index (χ0n) is 10.1. The molecule has 0 heterocycles. The van der Waals surface area contributed by atoms with Crippen LogP contribution in [0.25, 0.3) is 0 Å². The molecule has 1 aromatic rings. The first-order valence-corrected chi connectivity index (χ1v) is 5.17. The first kappa shape index (κ1) is 13.3. The molecule has 0 saturated carbocycles. The van der Waals surface area contributed by atoms with Crippen LogP contribution in [0.4, 0.5) is 5.69 Å². The number of allylic oxidation sites excluding steroid dienone is 1. The second kappa shape index (κ2) is 6.07. The van der Waals surface area contributed by atoms with E-state index in [-0.39, 0.29) is 11.5 Å². The summed E-state index contributed by atoms with van der Waals surface area (Å²) in [5.41, 5.74) is 0.982. The van der Waals surface area contributed by atoms with E-state index < -0.39 is 0 Å². The maximum atomic E-state index is 11.9. The van der Waals surface area contributed by atoms with Crippen LogP contribution >= 0.6 is 0 Å². The highest BCUT2D eigenvalue weighted by atomic mass is 16.2. The van der Waals surface area contributed by atoms with Gasteiger partial charge in [-0.25, -0.2) is 0 Å². The summed E-state index contributed by atoms with van der Waals surface area (Å²) in [5, 5.41) is 20.0.